The summed E-state index contributed by atoms with van der Waals surface area (Å²) in [5.41, 5.74) is 2.17. The van der Waals surface area contributed by atoms with Crippen molar-refractivity contribution < 1.29 is 13.2 Å². The number of hydrogen-bond donors (Lipinski definition) is 0. The summed E-state index contributed by atoms with van der Waals surface area (Å²) >= 11 is 0. The fraction of sp³-hybridized carbons (Fsp3) is 0.556. The molecule has 1 fully saturated rings. The molecule has 0 N–H and O–H groups in total. The van der Waals surface area contributed by atoms with Gasteiger partial charge in [0.1, 0.15) is 0 Å². The van der Waals surface area contributed by atoms with Gasteiger partial charge in [-0.2, -0.15) is 4.31 Å². The summed E-state index contributed by atoms with van der Waals surface area (Å²) in [5.74, 6) is 0.426. The average Bonchev–Trinajstić information content (AvgIpc) is 3.22. The fourth-order valence-electron chi connectivity index (χ4n) is 4.11. The molecule has 6 nitrogen and oxygen atoms in total. The smallest absolute Gasteiger partial charge is 0.261 e. The van der Waals surface area contributed by atoms with Crippen LogP contribution < -0.4 is 0 Å². The number of carbonyl (C=O) groups excluding carboxylic acids is 1. The van der Waals surface area contributed by atoms with Crippen molar-refractivity contribution in [3.63, 3.8) is 0 Å². The molecule has 2 aliphatic heterocycles. The van der Waals surface area contributed by atoms with Gasteiger partial charge in [-0.15, -0.1) is 0 Å². The molecular formula is C18H23N3O3S. The zero-order valence-corrected chi connectivity index (χ0v) is 15.0. The Balaban J connectivity index is 1.40. The number of aromatic nitrogens is 1. The van der Waals surface area contributed by atoms with Crippen molar-refractivity contribution in [3.05, 3.63) is 35.5 Å². The summed E-state index contributed by atoms with van der Waals surface area (Å²) in [6.45, 7) is 1.92. The highest BCUT2D eigenvalue weighted by Crippen LogP contribution is 2.32. The Kier molecular flexibility index (Phi) is 4.37. The Labute approximate surface area is 148 Å². The van der Waals surface area contributed by atoms with Gasteiger partial charge in [0.05, 0.1) is 0 Å². The van der Waals surface area contributed by atoms with Gasteiger partial charge in [0, 0.05) is 38.3 Å². The van der Waals surface area contributed by atoms with Crippen LogP contribution in [-0.2, 0) is 14.8 Å². The molecule has 0 spiro atoms. The Morgan fingerprint density at radius 2 is 1.68 bits per heavy atom. The van der Waals surface area contributed by atoms with Crippen LogP contribution in [0.4, 0.5) is 0 Å². The second-order valence-corrected chi connectivity index (χ2v) is 9.06. The lowest BCUT2D eigenvalue weighted by Gasteiger charge is -2.28. The van der Waals surface area contributed by atoms with Gasteiger partial charge in [0.2, 0.25) is 5.91 Å². The molecule has 1 aromatic rings. The predicted octanol–water partition coefficient (Wildman–Crippen LogP) is 1.81. The van der Waals surface area contributed by atoms with E-state index in [0.717, 1.165) is 36.8 Å². The van der Waals surface area contributed by atoms with Gasteiger partial charge < -0.3 is 4.90 Å². The molecule has 0 bridgehead atoms. The van der Waals surface area contributed by atoms with Crippen LogP contribution in [0.2, 0.25) is 0 Å². The van der Waals surface area contributed by atoms with Crippen LogP contribution in [0.25, 0.3) is 0 Å². The van der Waals surface area contributed by atoms with Crippen molar-refractivity contribution in [3.8, 4) is 0 Å². The molecule has 1 aliphatic carbocycles. The molecule has 0 radical (unpaired) electrons. The molecule has 134 valence electrons. The van der Waals surface area contributed by atoms with Crippen LogP contribution in [0.15, 0.2) is 40.6 Å². The minimum Gasteiger partial charge on any atom is -0.334 e. The van der Waals surface area contributed by atoms with Gasteiger partial charge in [-0.1, -0.05) is 25.3 Å². The van der Waals surface area contributed by atoms with Gasteiger partial charge in [-0.05, 0) is 36.1 Å². The molecule has 0 atom stereocenters. The second-order valence-electron chi connectivity index (χ2n) is 7.18. The quantitative estimate of drug-likeness (QED) is 0.770. The van der Waals surface area contributed by atoms with Crippen LogP contribution >= 0.6 is 0 Å². The molecule has 0 saturated heterocycles. The van der Waals surface area contributed by atoms with E-state index in [1.54, 1.807) is 12.1 Å². The first-order chi connectivity index (χ1) is 12.1. The molecule has 7 heteroatoms. The van der Waals surface area contributed by atoms with Gasteiger partial charge in [-0.25, -0.2) is 13.4 Å². The lowest BCUT2D eigenvalue weighted by molar-refractivity contribution is -0.135. The van der Waals surface area contributed by atoms with Crippen molar-refractivity contribution >= 4 is 15.9 Å². The summed E-state index contributed by atoms with van der Waals surface area (Å²) < 4.78 is 26.8. The summed E-state index contributed by atoms with van der Waals surface area (Å²) in [4.78, 5) is 18.6. The van der Waals surface area contributed by atoms with Crippen LogP contribution in [-0.4, -0.2) is 54.7 Å². The van der Waals surface area contributed by atoms with Gasteiger partial charge >= 0.3 is 0 Å². The normalized spacial score (nSPS) is 22.5. The van der Waals surface area contributed by atoms with E-state index in [1.807, 2.05) is 4.90 Å². The summed E-state index contributed by atoms with van der Waals surface area (Å²) in [6.07, 6.45) is 7.02. The number of rotatable bonds is 3. The van der Waals surface area contributed by atoms with E-state index in [9.17, 15) is 13.2 Å². The van der Waals surface area contributed by atoms with Crippen molar-refractivity contribution in [2.45, 2.75) is 37.1 Å². The summed E-state index contributed by atoms with van der Waals surface area (Å²) in [5, 5.41) is 0.0892. The Bertz CT molecular complexity index is 780. The van der Waals surface area contributed by atoms with E-state index < -0.39 is 10.0 Å². The zero-order valence-electron chi connectivity index (χ0n) is 14.2. The highest BCUT2D eigenvalue weighted by Gasteiger charge is 2.39. The maximum Gasteiger partial charge on any atom is 0.261 e. The molecule has 1 amide bonds. The lowest BCUT2D eigenvalue weighted by Crippen LogP contribution is -2.39. The maximum absolute atomic E-state index is 12.7. The first kappa shape index (κ1) is 16.7. The van der Waals surface area contributed by atoms with Crippen LogP contribution in [0.3, 0.4) is 0 Å². The van der Waals surface area contributed by atoms with Crippen LogP contribution in [0.1, 0.15) is 32.1 Å². The van der Waals surface area contributed by atoms with Crippen LogP contribution in [0, 0.1) is 5.92 Å². The average molecular weight is 361 g/mol. The van der Waals surface area contributed by atoms with E-state index in [0.29, 0.717) is 26.2 Å². The Morgan fingerprint density at radius 1 is 1.00 bits per heavy atom. The third-order valence-electron chi connectivity index (χ3n) is 5.51. The highest BCUT2D eigenvalue weighted by molar-refractivity contribution is 7.89. The third-order valence-corrected chi connectivity index (χ3v) is 7.21. The monoisotopic (exact) mass is 361 g/mol. The van der Waals surface area contributed by atoms with Gasteiger partial charge in [-0.3, -0.25) is 4.79 Å². The Morgan fingerprint density at radius 3 is 2.28 bits per heavy atom. The third kappa shape index (κ3) is 3.11. The minimum atomic E-state index is -3.56. The van der Waals surface area contributed by atoms with E-state index in [4.69, 9.17) is 0 Å². The topological polar surface area (TPSA) is 70.6 Å². The van der Waals surface area contributed by atoms with E-state index in [-0.39, 0.29) is 16.9 Å². The first-order valence-electron chi connectivity index (χ1n) is 8.95. The lowest BCUT2D eigenvalue weighted by atomic mass is 9.88. The zero-order chi connectivity index (χ0) is 17.4. The minimum absolute atomic E-state index is 0.0892. The number of sulfonamides is 1. The first-order valence-corrected chi connectivity index (χ1v) is 10.4. The summed E-state index contributed by atoms with van der Waals surface area (Å²) in [7, 11) is -3.56. The molecular weight excluding hydrogens is 338 g/mol. The van der Waals surface area contributed by atoms with Crippen molar-refractivity contribution in [2.24, 2.45) is 5.92 Å². The highest BCUT2D eigenvalue weighted by atomic mass is 32.2. The molecule has 0 aromatic carbocycles. The van der Waals surface area contributed by atoms with Gasteiger partial charge in [0.25, 0.3) is 10.0 Å². The molecule has 1 saturated carbocycles. The molecule has 3 aliphatic rings. The fourth-order valence-corrected chi connectivity index (χ4v) is 5.47. The van der Waals surface area contributed by atoms with Crippen molar-refractivity contribution in [1.82, 2.24) is 14.2 Å². The van der Waals surface area contributed by atoms with Crippen molar-refractivity contribution in [2.75, 3.05) is 26.2 Å². The van der Waals surface area contributed by atoms with E-state index in [1.165, 1.54) is 23.0 Å². The molecule has 0 unspecified atom stereocenters. The maximum atomic E-state index is 12.7. The second kappa shape index (κ2) is 6.53. The predicted molar refractivity (Wildman–Crippen MR) is 93.2 cm³/mol. The van der Waals surface area contributed by atoms with Crippen molar-refractivity contribution in [1.29, 1.82) is 0 Å². The standard InChI is InChI=1S/C18H23N3O3S/c22-18(14-6-2-1-3-7-14)20-10-15-12-21(13-16(15)11-20)25(23,24)17-8-4-5-9-19-17/h4-5,8-9,14H,1-3,6-7,10-13H2. The number of hydrogen-bond acceptors (Lipinski definition) is 4. The number of carbonyl (C=O) groups is 1. The van der Waals surface area contributed by atoms with Crippen LogP contribution in [0.5, 0.6) is 0 Å². The SMILES string of the molecule is O=C(C1CCCCC1)N1CC2=C(C1)CN(S(=O)(=O)c1ccccn1)C2. The van der Waals surface area contributed by atoms with E-state index >= 15 is 0 Å². The largest absolute Gasteiger partial charge is 0.334 e. The Hall–Kier alpha value is -1.73. The van der Waals surface area contributed by atoms with Gasteiger partial charge in [0.15, 0.2) is 5.03 Å². The number of nitrogens with zero attached hydrogens (tertiary/aromatic N) is 3. The molecule has 25 heavy (non-hydrogen) atoms. The molecule has 1 aromatic heterocycles. The molecule has 3 heterocycles. The number of amides is 1. The molecule has 4 rings (SSSR count). The summed E-state index contributed by atoms with van der Waals surface area (Å²) in [6, 6.07) is 4.91. The van der Waals surface area contributed by atoms with E-state index in [2.05, 4.69) is 4.98 Å². The number of pyridine rings is 1.